The maximum atomic E-state index is 13.3. The van der Waals surface area contributed by atoms with E-state index in [2.05, 4.69) is 40.1 Å². The molecule has 2 nitrogen and oxygen atoms in total. The van der Waals surface area contributed by atoms with Crippen molar-refractivity contribution >= 4 is 15.9 Å². The van der Waals surface area contributed by atoms with Crippen molar-refractivity contribution in [2.75, 3.05) is 20.1 Å². The van der Waals surface area contributed by atoms with Gasteiger partial charge in [-0.2, -0.15) is 0 Å². The normalized spacial score (nSPS) is 21.6. The van der Waals surface area contributed by atoms with Crippen LogP contribution in [0.3, 0.4) is 0 Å². The van der Waals surface area contributed by atoms with Gasteiger partial charge in [0.05, 0.1) is 4.47 Å². The molecular weight excluding hydrogens is 307 g/mol. The van der Waals surface area contributed by atoms with Crippen LogP contribution in [0, 0.1) is 5.82 Å². The minimum atomic E-state index is -0.201. The van der Waals surface area contributed by atoms with Gasteiger partial charge in [0.2, 0.25) is 0 Å². The standard InChI is InChI=1S/C15H22BrFN2/c1-11(12-6-7-15(17)14(16)9-12)19(2)10-13-5-3-4-8-18-13/h6-7,9,11,13,18H,3-5,8,10H2,1-2H3. The minimum Gasteiger partial charge on any atom is -0.313 e. The molecule has 1 N–H and O–H groups in total. The summed E-state index contributed by atoms with van der Waals surface area (Å²) < 4.78 is 13.8. The Balaban J connectivity index is 1.97. The summed E-state index contributed by atoms with van der Waals surface area (Å²) in [5.74, 6) is -0.201. The molecule has 0 amide bonds. The molecule has 0 radical (unpaired) electrons. The fraction of sp³-hybridized carbons (Fsp3) is 0.600. The number of hydrogen-bond acceptors (Lipinski definition) is 2. The van der Waals surface area contributed by atoms with Gasteiger partial charge in [0.25, 0.3) is 0 Å². The summed E-state index contributed by atoms with van der Waals surface area (Å²) >= 11 is 3.26. The summed E-state index contributed by atoms with van der Waals surface area (Å²) in [6.07, 6.45) is 3.87. The second-order valence-corrected chi connectivity index (χ2v) is 6.29. The highest BCUT2D eigenvalue weighted by Crippen LogP contribution is 2.25. The summed E-state index contributed by atoms with van der Waals surface area (Å²) in [4.78, 5) is 2.34. The largest absolute Gasteiger partial charge is 0.313 e. The lowest BCUT2D eigenvalue weighted by Crippen LogP contribution is -2.43. The first kappa shape index (κ1) is 14.9. The molecule has 1 heterocycles. The summed E-state index contributed by atoms with van der Waals surface area (Å²) in [6.45, 7) is 4.34. The van der Waals surface area contributed by atoms with Gasteiger partial charge in [0.1, 0.15) is 5.82 Å². The van der Waals surface area contributed by atoms with Gasteiger partial charge in [-0.05, 0) is 67.0 Å². The van der Waals surface area contributed by atoms with Crippen LogP contribution in [-0.4, -0.2) is 31.1 Å². The predicted octanol–water partition coefficient (Wildman–Crippen LogP) is 3.72. The SMILES string of the molecule is CC(c1ccc(F)c(Br)c1)N(C)CC1CCCCN1. The van der Waals surface area contributed by atoms with Crippen molar-refractivity contribution in [3.8, 4) is 0 Å². The molecule has 106 valence electrons. The number of halogens is 2. The zero-order valence-electron chi connectivity index (χ0n) is 11.6. The first-order chi connectivity index (χ1) is 9.08. The van der Waals surface area contributed by atoms with Gasteiger partial charge in [0.15, 0.2) is 0 Å². The van der Waals surface area contributed by atoms with E-state index in [0.29, 0.717) is 16.6 Å². The van der Waals surface area contributed by atoms with Gasteiger partial charge in [-0.3, -0.25) is 4.90 Å². The van der Waals surface area contributed by atoms with Gasteiger partial charge in [-0.25, -0.2) is 4.39 Å². The van der Waals surface area contributed by atoms with E-state index >= 15 is 0 Å². The quantitative estimate of drug-likeness (QED) is 0.906. The van der Waals surface area contributed by atoms with Crippen molar-refractivity contribution in [1.82, 2.24) is 10.2 Å². The topological polar surface area (TPSA) is 15.3 Å². The molecule has 0 bridgehead atoms. The van der Waals surface area contributed by atoms with E-state index in [1.54, 1.807) is 0 Å². The van der Waals surface area contributed by atoms with Crippen LogP contribution in [0.5, 0.6) is 0 Å². The number of nitrogens with zero attached hydrogens (tertiary/aromatic N) is 1. The molecule has 1 fully saturated rings. The molecule has 0 aromatic heterocycles. The van der Waals surface area contributed by atoms with Gasteiger partial charge in [-0.15, -0.1) is 0 Å². The van der Waals surface area contributed by atoms with Crippen LogP contribution in [0.15, 0.2) is 22.7 Å². The second kappa shape index (κ2) is 6.82. The molecule has 1 aromatic rings. The lowest BCUT2D eigenvalue weighted by Gasteiger charge is -2.32. The van der Waals surface area contributed by atoms with Crippen molar-refractivity contribution in [1.29, 1.82) is 0 Å². The Morgan fingerprint density at radius 3 is 2.89 bits per heavy atom. The summed E-state index contributed by atoms with van der Waals surface area (Å²) in [7, 11) is 2.14. The third-order valence-corrected chi connectivity index (χ3v) is 4.62. The molecule has 0 saturated carbocycles. The van der Waals surface area contributed by atoms with Crippen molar-refractivity contribution in [3.63, 3.8) is 0 Å². The molecular formula is C15H22BrFN2. The minimum absolute atomic E-state index is 0.201. The van der Waals surface area contributed by atoms with Crippen LogP contribution in [0.2, 0.25) is 0 Å². The van der Waals surface area contributed by atoms with Crippen molar-refractivity contribution < 1.29 is 4.39 Å². The van der Waals surface area contributed by atoms with Crippen molar-refractivity contribution in [3.05, 3.63) is 34.1 Å². The molecule has 1 aromatic carbocycles. The molecule has 0 spiro atoms. The number of hydrogen-bond donors (Lipinski definition) is 1. The average Bonchev–Trinajstić information content (AvgIpc) is 2.42. The number of likely N-dealkylation sites (N-methyl/N-ethyl adjacent to an activating group) is 1. The van der Waals surface area contributed by atoms with E-state index in [1.165, 1.54) is 25.3 Å². The lowest BCUT2D eigenvalue weighted by molar-refractivity contribution is 0.214. The molecule has 19 heavy (non-hydrogen) atoms. The van der Waals surface area contributed by atoms with Crippen LogP contribution >= 0.6 is 15.9 Å². The Morgan fingerprint density at radius 1 is 1.47 bits per heavy atom. The molecule has 4 heteroatoms. The van der Waals surface area contributed by atoms with Crippen LogP contribution in [0.25, 0.3) is 0 Å². The van der Waals surface area contributed by atoms with Crippen LogP contribution in [0.4, 0.5) is 4.39 Å². The van der Waals surface area contributed by atoms with Gasteiger partial charge < -0.3 is 5.32 Å². The van der Waals surface area contributed by atoms with Gasteiger partial charge >= 0.3 is 0 Å². The van der Waals surface area contributed by atoms with E-state index in [-0.39, 0.29) is 5.82 Å². The molecule has 2 unspecified atom stereocenters. The number of benzene rings is 1. The molecule has 1 aliphatic rings. The Labute approximate surface area is 123 Å². The van der Waals surface area contributed by atoms with E-state index in [0.717, 1.165) is 18.7 Å². The third kappa shape index (κ3) is 4.01. The average molecular weight is 329 g/mol. The van der Waals surface area contributed by atoms with Crippen LogP contribution in [0.1, 0.15) is 37.8 Å². The van der Waals surface area contributed by atoms with E-state index in [9.17, 15) is 4.39 Å². The highest BCUT2D eigenvalue weighted by Gasteiger charge is 2.19. The zero-order valence-corrected chi connectivity index (χ0v) is 13.2. The third-order valence-electron chi connectivity index (χ3n) is 4.01. The maximum Gasteiger partial charge on any atom is 0.137 e. The van der Waals surface area contributed by atoms with Gasteiger partial charge in [0, 0.05) is 18.6 Å². The summed E-state index contributed by atoms with van der Waals surface area (Å²) in [6, 6.07) is 6.16. The zero-order chi connectivity index (χ0) is 13.8. The van der Waals surface area contributed by atoms with Crippen LogP contribution < -0.4 is 5.32 Å². The molecule has 2 rings (SSSR count). The Kier molecular flexibility index (Phi) is 5.37. The Bertz CT molecular complexity index is 419. The Morgan fingerprint density at radius 2 is 2.26 bits per heavy atom. The number of rotatable bonds is 4. The molecule has 1 aliphatic heterocycles. The van der Waals surface area contributed by atoms with Crippen LogP contribution in [-0.2, 0) is 0 Å². The fourth-order valence-corrected chi connectivity index (χ4v) is 3.01. The molecule has 2 atom stereocenters. The molecule has 1 saturated heterocycles. The van der Waals surface area contributed by atoms with Crippen molar-refractivity contribution in [2.45, 2.75) is 38.3 Å². The number of nitrogens with one attached hydrogen (secondary N) is 1. The first-order valence-corrected chi connectivity index (χ1v) is 7.76. The van der Waals surface area contributed by atoms with Crippen molar-refractivity contribution in [2.24, 2.45) is 0 Å². The predicted molar refractivity (Wildman–Crippen MR) is 80.8 cm³/mol. The summed E-state index contributed by atoms with van der Waals surface area (Å²) in [5.41, 5.74) is 1.14. The fourth-order valence-electron chi connectivity index (χ4n) is 2.61. The number of piperidine rings is 1. The van der Waals surface area contributed by atoms with E-state index < -0.39 is 0 Å². The molecule has 0 aliphatic carbocycles. The first-order valence-electron chi connectivity index (χ1n) is 6.96. The van der Waals surface area contributed by atoms with E-state index in [1.807, 2.05) is 12.1 Å². The maximum absolute atomic E-state index is 13.3. The summed E-state index contributed by atoms with van der Waals surface area (Å²) in [5, 5.41) is 3.57. The second-order valence-electron chi connectivity index (χ2n) is 5.44. The van der Waals surface area contributed by atoms with E-state index in [4.69, 9.17) is 0 Å². The lowest BCUT2D eigenvalue weighted by atomic mass is 10.0. The van der Waals surface area contributed by atoms with Gasteiger partial charge in [-0.1, -0.05) is 12.5 Å². The highest BCUT2D eigenvalue weighted by molar-refractivity contribution is 9.10. The monoisotopic (exact) mass is 328 g/mol. The smallest absolute Gasteiger partial charge is 0.137 e. The Hall–Kier alpha value is -0.450. The highest BCUT2D eigenvalue weighted by atomic mass is 79.9.